The number of carbonyl (C=O) groups is 1. The Hall–Kier alpha value is -2.22. The molecule has 1 aliphatic carbocycles. The summed E-state index contributed by atoms with van der Waals surface area (Å²) in [6, 6.07) is 0. The molecule has 7 nitrogen and oxygen atoms in total. The second-order valence-corrected chi connectivity index (χ2v) is 9.37. The number of piperidine rings is 1. The van der Waals surface area contributed by atoms with Gasteiger partial charge in [0.2, 0.25) is 5.91 Å². The molecule has 0 spiro atoms. The van der Waals surface area contributed by atoms with E-state index in [1.54, 1.807) is 6.20 Å². The number of hydrogen-bond acceptors (Lipinski definition) is 7. The van der Waals surface area contributed by atoms with E-state index < -0.39 is 0 Å². The molecule has 0 bridgehead atoms. The van der Waals surface area contributed by atoms with Crippen molar-refractivity contribution in [2.24, 2.45) is 17.8 Å². The molecule has 2 aliphatic rings. The maximum atomic E-state index is 12.4. The average molecular weight is 417 g/mol. The number of aromatic nitrogens is 1. The van der Waals surface area contributed by atoms with Gasteiger partial charge in [-0.2, -0.15) is 0 Å². The highest BCUT2D eigenvalue weighted by atomic mass is 32.1. The number of hydrogen-bond donors (Lipinski definition) is 2. The molecule has 1 aromatic heterocycles. The molecule has 1 amide bonds. The number of anilines is 3. The highest BCUT2D eigenvalue weighted by molar-refractivity contribution is 7.13. The molecule has 156 valence electrons. The molecular weight excluding hydrogens is 388 g/mol. The van der Waals surface area contributed by atoms with Gasteiger partial charge in [-0.25, -0.2) is 4.98 Å². The monoisotopic (exact) mass is 416 g/mol. The number of nitrogens with one attached hydrogen (secondary N) is 2. The van der Waals surface area contributed by atoms with Crippen LogP contribution in [0, 0.1) is 17.8 Å². The molecule has 0 unspecified atom stereocenters. The average Bonchev–Trinajstić information content (AvgIpc) is 3.25. The van der Waals surface area contributed by atoms with Gasteiger partial charge < -0.3 is 15.5 Å². The summed E-state index contributed by atoms with van der Waals surface area (Å²) in [6.45, 7) is 4.61. The fourth-order valence-corrected chi connectivity index (χ4v) is 4.98. The van der Waals surface area contributed by atoms with E-state index in [1.807, 2.05) is 5.38 Å². The molecule has 29 heavy (non-hydrogen) atoms. The Morgan fingerprint density at radius 1 is 1.14 bits per heavy atom. The highest BCUT2D eigenvalue weighted by Crippen LogP contribution is 2.31. The van der Waals surface area contributed by atoms with Crippen molar-refractivity contribution in [3.8, 4) is 0 Å². The molecule has 2 heterocycles. The Morgan fingerprint density at radius 3 is 2.52 bits per heavy atom. The standard InChI is InChI=1S/C21H28N4O3S/c1-13-6-9-25(10-7-13)17-16(18(26)19(17)27)23-12-14-2-4-15(5-3-14)20(28)24-21-22-8-11-29-21/h8,11,13-15,23H,2-7,9-10,12H2,1H3,(H,22,24,28). The van der Waals surface area contributed by atoms with Crippen LogP contribution in [-0.2, 0) is 4.79 Å². The van der Waals surface area contributed by atoms with Crippen molar-refractivity contribution in [1.82, 2.24) is 4.98 Å². The normalized spacial score (nSPS) is 23.3. The summed E-state index contributed by atoms with van der Waals surface area (Å²) in [5.41, 5.74) is 0.381. The number of amides is 1. The van der Waals surface area contributed by atoms with Crippen LogP contribution in [0.15, 0.2) is 21.2 Å². The Labute approximate surface area is 174 Å². The van der Waals surface area contributed by atoms with E-state index in [0.29, 0.717) is 34.9 Å². The minimum Gasteiger partial charge on any atom is -0.380 e. The van der Waals surface area contributed by atoms with Gasteiger partial charge in [-0.15, -0.1) is 11.3 Å². The van der Waals surface area contributed by atoms with Gasteiger partial charge in [-0.05, 0) is 50.4 Å². The Morgan fingerprint density at radius 2 is 1.86 bits per heavy atom. The van der Waals surface area contributed by atoms with Gasteiger partial charge in [0.1, 0.15) is 11.4 Å². The topological polar surface area (TPSA) is 91.4 Å². The van der Waals surface area contributed by atoms with Gasteiger partial charge in [-0.1, -0.05) is 6.92 Å². The van der Waals surface area contributed by atoms with Crippen molar-refractivity contribution in [1.29, 1.82) is 0 Å². The van der Waals surface area contributed by atoms with Crippen LogP contribution in [0.2, 0.25) is 0 Å². The van der Waals surface area contributed by atoms with Crippen LogP contribution >= 0.6 is 11.3 Å². The first kappa shape index (κ1) is 20.1. The second-order valence-electron chi connectivity index (χ2n) is 8.48. The minimum absolute atomic E-state index is 0.0205. The van der Waals surface area contributed by atoms with Crippen molar-refractivity contribution < 1.29 is 4.79 Å². The summed E-state index contributed by atoms with van der Waals surface area (Å²) >= 11 is 1.43. The fraction of sp³-hybridized carbons (Fsp3) is 0.619. The van der Waals surface area contributed by atoms with E-state index in [0.717, 1.165) is 51.6 Å². The maximum Gasteiger partial charge on any atom is 0.253 e. The van der Waals surface area contributed by atoms with Gasteiger partial charge in [0.15, 0.2) is 5.13 Å². The van der Waals surface area contributed by atoms with E-state index in [4.69, 9.17) is 0 Å². The smallest absolute Gasteiger partial charge is 0.253 e. The quantitative estimate of drug-likeness (QED) is 0.704. The van der Waals surface area contributed by atoms with Gasteiger partial charge in [-0.3, -0.25) is 14.4 Å². The van der Waals surface area contributed by atoms with Crippen molar-refractivity contribution in [2.45, 2.75) is 45.4 Å². The van der Waals surface area contributed by atoms with Crippen LogP contribution in [0.25, 0.3) is 0 Å². The Balaban J connectivity index is 1.27. The lowest BCUT2D eigenvalue weighted by Gasteiger charge is -2.34. The van der Waals surface area contributed by atoms with E-state index >= 15 is 0 Å². The zero-order valence-electron chi connectivity index (χ0n) is 16.8. The van der Waals surface area contributed by atoms with Crippen LogP contribution in [0.3, 0.4) is 0 Å². The van der Waals surface area contributed by atoms with Gasteiger partial charge in [0.05, 0.1) is 0 Å². The van der Waals surface area contributed by atoms with Crippen LogP contribution < -0.4 is 26.4 Å². The first-order chi connectivity index (χ1) is 14.0. The van der Waals surface area contributed by atoms with Crippen LogP contribution in [-0.4, -0.2) is 30.5 Å². The summed E-state index contributed by atoms with van der Waals surface area (Å²) in [5, 5.41) is 8.65. The highest BCUT2D eigenvalue weighted by Gasteiger charge is 2.30. The lowest BCUT2D eigenvalue weighted by Crippen LogP contribution is -2.45. The SMILES string of the molecule is CC1CCN(c2c(NCC3CCC(C(=O)Nc4nccs4)CC3)c(=O)c2=O)CC1. The molecule has 4 rings (SSSR count). The summed E-state index contributed by atoms with van der Waals surface area (Å²) in [5.74, 6) is 1.16. The van der Waals surface area contributed by atoms with Crippen molar-refractivity contribution in [3.63, 3.8) is 0 Å². The number of carbonyl (C=O) groups excluding carboxylic acids is 1. The molecule has 1 saturated heterocycles. The van der Waals surface area contributed by atoms with Gasteiger partial charge in [0.25, 0.3) is 10.9 Å². The Bertz CT molecular complexity index is 903. The van der Waals surface area contributed by atoms with Gasteiger partial charge >= 0.3 is 0 Å². The van der Waals surface area contributed by atoms with E-state index in [1.165, 1.54) is 11.3 Å². The van der Waals surface area contributed by atoms with Gasteiger partial charge in [0, 0.05) is 37.1 Å². The zero-order valence-corrected chi connectivity index (χ0v) is 17.6. The van der Waals surface area contributed by atoms with E-state index in [9.17, 15) is 14.4 Å². The first-order valence-electron chi connectivity index (χ1n) is 10.6. The Kier molecular flexibility index (Phi) is 5.99. The molecule has 2 fully saturated rings. The van der Waals surface area contributed by atoms with Crippen molar-refractivity contribution >= 4 is 33.8 Å². The van der Waals surface area contributed by atoms with E-state index in [-0.39, 0.29) is 22.7 Å². The molecule has 0 radical (unpaired) electrons. The lowest BCUT2D eigenvalue weighted by atomic mass is 9.81. The molecule has 1 aromatic carbocycles. The third-order valence-electron chi connectivity index (χ3n) is 6.43. The number of thiazole rings is 1. The van der Waals surface area contributed by atoms with Crippen molar-refractivity contribution in [3.05, 3.63) is 32.0 Å². The first-order valence-corrected chi connectivity index (χ1v) is 11.4. The predicted octanol–water partition coefficient (Wildman–Crippen LogP) is 2.83. The minimum atomic E-state index is -0.380. The summed E-state index contributed by atoms with van der Waals surface area (Å²) in [6.07, 6.45) is 7.36. The zero-order chi connectivity index (χ0) is 20.4. The summed E-state index contributed by atoms with van der Waals surface area (Å²) in [4.78, 5) is 42.7. The molecule has 1 aliphatic heterocycles. The molecule has 2 aromatic rings. The molecule has 1 saturated carbocycles. The number of rotatable bonds is 6. The molecule has 0 atom stereocenters. The maximum absolute atomic E-state index is 12.4. The fourth-order valence-electron chi connectivity index (χ4n) is 4.45. The van der Waals surface area contributed by atoms with E-state index in [2.05, 4.69) is 27.4 Å². The third kappa shape index (κ3) is 4.37. The number of nitrogens with zero attached hydrogens (tertiary/aromatic N) is 2. The molecule has 8 heteroatoms. The largest absolute Gasteiger partial charge is 0.380 e. The summed E-state index contributed by atoms with van der Waals surface area (Å²) < 4.78 is 0. The molecular formula is C21H28N4O3S. The summed E-state index contributed by atoms with van der Waals surface area (Å²) in [7, 11) is 0. The third-order valence-corrected chi connectivity index (χ3v) is 7.12. The second kappa shape index (κ2) is 8.65. The predicted molar refractivity (Wildman–Crippen MR) is 117 cm³/mol. The van der Waals surface area contributed by atoms with Crippen LogP contribution in [0.5, 0.6) is 0 Å². The van der Waals surface area contributed by atoms with Crippen LogP contribution in [0.4, 0.5) is 16.5 Å². The van der Waals surface area contributed by atoms with Crippen molar-refractivity contribution in [2.75, 3.05) is 35.2 Å². The van der Waals surface area contributed by atoms with Crippen LogP contribution in [0.1, 0.15) is 45.4 Å². The lowest BCUT2D eigenvalue weighted by molar-refractivity contribution is -0.121. The molecule has 2 N–H and O–H groups in total.